The maximum atomic E-state index is 12.0. The van der Waals surface area contributed by atoms with Crippen molar-refractivity contribution in [2.24, 2.45) is 0 Å². The Morgan fingerprint density at radius 1 is 1.27 bits per heavy atom. The van der Waals surface area contributed by atoms with Crippen molar-refractivity contribution in [2.45, 2.75) is 26.7 Å². The molecular formula is C17H19NO2S2. The van der Waals surface area contributed by atoms with Crippen LogP contribution >= 0.6 is 23.6 Å². The molecule has 0 bridgehead atoms. The van der Waals surface area contributed by atoms with Crippen molar-refractivity contribution in [3.63, 3.8) is 0 Å². The number of aryl methyl sites for hydroxylation is 1. The summed E-state index contributed by atoms with van der Waals surface area (Å²) in [6.45, 7) is 4.23. The van der Waals surface area contributed by atoms with Crippen LogP contribution < -0.4 is 5.32 Å². The van der Waals surface area contributed by atoms with E-state index in [1.807, 2.05) is 36.4 Å². The summed E-state index contributed by atoms with van der Waals surface area (Å²) in [4.78, 5) is 13.9. The molecule has 22 heavy (non-hydrogen) atoms. The number of rotatable bonds is 6. The van der Waals surface area contributed by atoms with E-state index in [1.165, 1.54) is 0 Å². The first-order valence-corrected chi connectivity index (χ1v) is 8.50. The largest absolute Gasteiger partial charge is 0.462 e. The first-order valence-electron chi connectivity index (χ1n) is 7.27. The molecular weight excluding hydrogens is 314 g/mol. The quantitative estimate of drug-likeness (QED) is 0.625. The van der Waals surface area contributed by atoms with Crippen LogP contribution in [0.5, 0.6) is 0 Å². The second-order valence-corrected chi connectivity index (χ2v) is 6.37. The van der Waals surface area contributed by atoms with Gasteiger partial charge in [-0.05, 0) is 25.0 Å². The SMILES string of the molecule is CCOC(=O)c1cc(CC)sc1NC(=S)Cc1ccccc1. The smallest absolute Gasteiger partial charge is 0.341 e. The van der Waals surface area contributed by atoms with Gasteiger partial charge >= 0.3 is 5.97 Å². The summed E-state index contributed by atoms with van der Waals surface area (Å²) >= 11 is 6.97. The van der Waals surface area contributed by atoms with Crippen molar-refractivity contribution < 1.29 is 9.53 Å². The number of benzene rings is 1. The first-order chi connectivity index (χ1) is 10.6. The third-order valence-electron chi connectivity index (χ3n) is 3.09. The summed E-state index contributed by atoms with van der Waals surface area (Å²) in [6.07, 6.45) is 1.53. The normalized spacial score (nSPS) is 10.3. The lowest BCUT2D eigenvalue weighted by molar-refractivity contribution is 0.0528. The van der Waals surface area contributed by atoms with Crippen LogP contribution in [-0.4, -0.2) is 17.6 Å². The number of nitrogens with one attached hydrogen (secondary N) is 1. The molecule has 1 heterocycles. The topological polar surface area (TPSA) is 38.3 Å². The standard InChI is InChI=1S/C17H19NO2S2/c1-3-13-11-14(17(19)20-4-2)16(22-13)18-15(21)10-12-8-6-5-7-9-12/h5-9,11H,3-4,10H2,1-2H3,(H,18,21). The van der Waals surface area contributed by atoms with Gasteiger partial charge in [0.2, 0.25) is 0 Å². The Morgan fingerprint density at radius 2 is 2.00 bits per heavy atom. The van der Waals surface area contributed by atoms with Crippen molar-refractivity contribution in [3.05, 3.63) is 52.4 Å². The molecule has 0 aliphatic carbocycles. The Labute approximate surface area is 140 Å². The lowest BCUT2D eigenvalue weighted by Gasteiger charge is -2.08. The van der Waals surface area contributed by atoms with Gasteiger partial charge in [0.1, 0.15) is 5.00 Å². The fourth-order valence-corrected chi connectivity index (χ4v) is 3.36. The predicted molar refractivity (Wildman–Crippen MR) is 96.0 cm³/mol. The minimum absolute atomic E-state index is 0.302. The number of carbonyl (C=O) groups is 1. The molecule has 5 heteroatoms. The van der Waals surface area contributed by atoms with Gasteiger partial charge in [0.25, 0.3) is 0 Å². The highest BCUT2D eigenvalue weighted by Gasteiger charge is 2.17. The van der Waals surface area contributed by atoms with Crippen molar-refractivity contribution >= 4 is 39.5 Å². The molecule has 0 unspecified atom stereocenters. The number of ether oxygens (including phenoxy) is 1. The third kappa shape index (κ3) is 4.39. The molecule has 1 aromatic carbocycles. The van der Waals surface area contributed by atoms with Gasteiger partial charge in [-0.2, -0.15) is 0 Å². The Balaban J connectivity index is 2.12. The molecule has 1 N–H and O–H groups in total. The average Bonchev–Trinajstić information content (AvgIpc) is 2.91. The van der Waals surface area contributed by atoms with Crippen LogP contribution in [-0.2, 0) is 17.6 Å². The monoisotopic (exact) mass is 333 g/mol. The van der Waals surface area contributed by atoms with Gasteiger partial charge in [-0.1, -0.05) is 49.5 Å². The number of hydrogen-bond acceptors (Lipinski definition) is 4. The fraction of sp³-hybridized carbons (Fsp3) is 0.294. The number of hydrogen-bond donors (Lipinski definition) is 1. The molecule has 1 aromatic heterocycles. The Hall–Kier alpha value is -1.72. The first kappa shape index (κ1) is 16.6. The van der Waals surface area contributed by atoms with E-state index < -0.39 is 0 Å². The zero-order valence-corrected chi connectivity index (χ0v) is 14.4. The van der Waals surface area contributed by atoms with Gasteiger partial charge in [-0.25, -0.2) is 4.79 Å². The highest BCUT2D eigenvalue weighted by molar-refractivity contribution is 7.80. The molecule has 0 aliphatic heterocycles. The van der Waals surface area contributed by atoms with Crippen molar-refractivity contribution in [2.75, 3.05) is 11.9 Å². The molecule has 3 nitrogen and oxygen atoms in total. The molecule has 0 saturated heterocycles. The van der Waals surface area contributed by atoms with Gasteiger partial charge in [0.05, 0.1) is 17.2 Å². The summed E-state index contributed by atoms with van der Waals surface area (Å²) in [5.74, 6) is -0.302. The summed E-state index contributed by atoms with van der Waals surface area (Å²) in [7, 11) is 0. The number of carbonyl (C=O) groups excluding carboxylic acids is 1. The highest BCUT2D eigenvalue weighted by atomic mass is 32.1. The molecule has 2 rings (SSSR count). The molecule has 2 aromatic rings. The van der Waals surface area contributed by atoms with Crippen LogP contribution in [0.4, 0.5) is 5.00 Å². The maximum Gasteiger partial charge on any atom is 0.341 e. The number of anilines is 1. The van der Waals surface area contributed by atoms with Crippen LogP contribution in [0, 0.1) is 0 Å². The van der Waals surface area contributed by atoms with Crippen LogP contribution in [0.15, 0.2) is 36.4 Å². The molecule has 0 atom stereocenters. The zero-order chi connectivity index (χ0) is 15.9. The second kappa shape index (κ2) is 8.06. The molecule has 0 saturated carbocycles. The van der Waals surface area contributed by atoms with Crippen LogP contribution in [0.2, 0.25) is 0 Å². The van der Waals surface area contributed by atoms with Gasteiger partial charge in [0, 0.05) is 11.3 Å². The Kier molecular flexibility index (Phi) is 6.10. The summed E-state index contributed by atoms with van der Waals surface area (Å²) in [5, 5.41) is 3.98. The summed E-state index contributed by atoms with van der Waals surface area (Å²) < 4.78 is 5.11. The van der Waals surface area contributed by atoms with E-state index >= 15 is 0 Å². The van der Waals surface area contributed by atoms with Gasteiger partial charge in [-0.15, -0.1) is 11.3 Å². The van der Waals surface area contributed by atoms with Crippen LogP contribution in [0.3, 0.4) is 0 Å². The van der Waals surface area contributed by atoms with E-state index in [0.717, 1.165) is 21.9 Å². The van der Waals surface area contributed by atoms with Crippen LogP contribution in [0.1, 0.15) is 34.6 Å². The number of thiocarbonyl (C=S) groups is 1. The van der Waals surface area contributed by atoms with E-state index in [4.69, 9.17) is 17.0 Å². The third-order valence-corrected chi connectivity index (χ3v) is 4.53. The highest BCUT2D eigenvalue weighted by Crippen LogP contribution is 2.29. The van der Waals surface area contributed by atoms with Crippen molar-refractivity contribution in [3.8, 4) is 0 Å². The summed E-state index contributed by atoms with van der Waals surface area (Å²) in [6, 6.07) is 11.9. The lowest BCUT2D eigenvalue weighted by Crippen LogP contribution is -2.14. The Morgan fingerprint density at radius 3 is 2.64 bits per heavy atom. The Bertz CT molecular complexity index is 650. The maximum absolute atomic E-state index is 12.0. The average molecular weight is 333 g/mol. The van der Waals surface area contributed by atoms with Crippen molar-refractivity contribution in [1.29, 1.82) is 0 Å². The van der Waals surface area contributed by atoms with E-state index in [-0.39, 0.29) is 5.97 Å². The zero-order valence-electron chi connectivity index (χ0n) is 12.7. The van der Waals surface area contributed by atoms with Crippen molar-refractivity contribution in [1.82, 2.24) is 0 Å². The van der Waals surface area contributed by atoms with E-state index in [0.29, 0.717) is 23.6 Å². The van der Waals surface area contributed by atoms with Gasteiger partial charge in [0.15, 0.2) is 0 Å². The second-order valence-electron chi connectivity index (χ2n) is 4.74. The van der Waals surface area contributed by atoms with E-state index in [1.54, 1.807) is 18.3 Å². The minimum atomic E-state index is -0.302. The van der Waals surface area contributed by atoms with Gasteiger partial charge in [-0.3, -0.25) is 0 Å². The predicted octanol–water partition coefficient (Wildman–Crippen LogP) is 4.47. The van der Waals surface area contributed by atoms with Gasteiger partial charge < -0.3 is 10.1 Å². The fourth-order valence-electron chi connectivity index (χ4n) is 2.02. The number of thiophene rings is 1. The molecule has 0 amide bonds. The molecule has 0 fully saturated rings. The molecule has 0 aliphatic rings. The minimum Gasteiger partial charge on any atom is -0.462 e. The molecule has 0 radical (unpaired) electrons. The van der Waals surface area contributed by atoms with Crippen LogP contribution in [0.25, 0.3) is 0 Å². The lowest BCUT2D eigenvalue weighted by atomic mass is 10.1. The molecule has 0 spiro atoms. The van der Waals surface area contributed by atoms with E-state index in [2.05, 4.69) is 12.2 Å². The number of esters is 1. The van der Waals surface area contributed by atoms with E-state index in [9.17, 15) is 4.79 Å². The summed E-state index contributed by atoms with van der Waals surface area (Å²) in [5.41, 5.74) is 1.71. The molecule has 116 valence electrons.